The lowest BCUT2D eigenvalue weighted by atomic mass is 10.1. The molecule has 0 unspecified atom stereocenters. The van der Waals surface area contributed by atoms with Gasteiger partial charge in [0.25, 0.3) is 5.91 Å². The summed E-state index contributed by atoms with van der Waals surface area (Å²) in [5.74, 6) is -2.42. The van der Waals surface area contributed by atoms with E-state index in [9.17, 15) is 23.2 Å². The highest BCUT2D eigenvalue weighted by molar-refractivity contribution is 6.00. The van der Waals surface area contributed by atoms with Crippen molar-refractivity contribution < 1.29 is 37.4 Å². The second kappa shape index (κ2) is 9.86. The van der Waals surface area contributed by atoms with Crippen molar-refractivity contribution in [2.45, 2.75) is 40.4 Å². The summed E-state index contributed by atoms with van der Waals surface area (Å²) < 4.78 is 39.3. The van der Waals surface area contributed by atoms with Gasteiger partial charge in [0.2, 0.25) is 0 Å². The van der Waals surface area contributed by atoms with Gasteiger partial charge in [0, 0.05) is 5.69 Å². The first-order valence-corrected chi connectivity index (χ1v) is 9.01. The van der Waals surface area contributed by atoms with Crippen molar-refractivity contribution in [3.63, 3.8) is 0 Å². The standard InChI is InChI=1S/C20H22F2N2O6/c1-10(2)29-18(26)16-11(3)17(23-12(16)4)19(27)28-9-15(25)24-13-7-5-6-8-14(13)30-20(21)22/h5-8,10,20,23H,9H2,1-4H3,(H,24,25). The van der Waals surface area contributed by atoms with Crippen LogP contribution in [-0.4, -0.2) is 42.2 Å². The number of H-pyrrole nitrogens is 1. The molecule has 2 aromatic rings. The number of nitrogens with one attached hydrogen (secondary N) is 2. The number of hydrogen-bond acceptors (Lipinski definition) is 6. The third kappa shape index (κ3) is 5.79. The van der Waals surface area contributed by atoms with Crippen LogP contribution in [0.4, 0.5) is 14.5 Å². The molecule has 0 fully saturated rings. The van der Waals surface area contributed by atoms with Crippen LogP contribution in [0.2, 0.25) is 0 Å². The first-order valence-electron chi connectivity index (χ1n) is 9.01. The molecule has 10 heteroatoms. The predicted octanol–water partition coefficient (Wildman–Crippen LogP) is 3.59. The number of rotatable bonds is 8. The molecule has 1 heterocycles. The summed E-state index contributed by atoms with van der Waals surface area (Å²) in [7, 11) is 0. The zero-order chi connectivity index (χ0) is 22.4. The highest BCUT2D eigenvalue weighted by Crippen LogP contribution is 2.25. The molecular formula is C20H22F2N2O6. The topological polar surface area (TPSA) is 107 Å². The van der Waals surface area contributed by atoms with Crippen LogP contribution < -0.4 is 10.1 Å². The second-order valence-corrected chi connectivity index (χ2v) is 6.58. The molecule has 0 aliphatic carbocycles. The number of para-hydroxylation sites is 2. The Morgan fingerprint density at radius 1 is 1.10 bits per heavy atom. The average molecular weight is 424 g/mol. The Labute approximate surface area is 171 Å². The van der Waals surface area contributed by atoms with Gasteiger partial charge in [-0.15, -0.1) is 0 Å². The Morgan fingerprint density at radius 3 is 2.40 bits per heavy atom. The molecule has 0 saturated carbocycles. The molecule has 0 spiro atoms. The van der Waals surface area contributed by atoms with E-state index in [1.807, 2.05) is 0 Å². The van der Waals surface area contributed by atoms with E-state index in [1.54, 1.807) is 27.7 Å². The Kier molecular flexibility index (Phi) is 7.51. The number of benzene rings is 1. The van der Waals surface area contributed by atoms with Crippen molar-refractivity contribution in [2.75, 3.05) is 11.9 Å². The molecule has 1 aromatic heterocycles. The number of halogens is 2. The molecule has 2 rings (SSSR count). The molecule has 0 bridgehead atoms. The van der Waals surface area contributed by atoms with Gasteiger partial charge in [0.05, 0.1) is 17.4 Å². The minimum absolute atomic E-state index is 0.00413. The fourth-order valence-electron chi connectivity index (χ4n) is 2.69. The van der Waals surface area contributed by atoms with E-state index < -0.39 is 31.1 Å². The number of aryl methyl sites for hydroxylation is 1. The number of amides is 1. The number of alkyl halides is 2. The van der Waals surface area contributed by atoms with Crippen molar-refractivity contribution in [1.82, 2.24) is 4.98 Å². The molecule has 1 amide bonds. The molecule has 162 valence electrons. The predicted molar refractivity (Wildman–Crippen MR) is 103 cm³/mol. The SMILES string of the molecule is Cc1[nH]c(C(=O)OCC(=O)Nc2ccccc2OC(F)F)c(C)c1C(=O)OC(C)C. The maximum Gasteiger partial charge on any atom is 0.387 e. The van der Waals surface area contributed by atoms with Crippen LogP contribution >= 0.6 is 0 Å². The van der Waals surface area contributed by atoms with Crippen LogP contribution in [-0.2, 0) is 14.3 Å². The smallest absolute Gasteiger partial charge is 0.387 e. The first-order chi connectivity index (χ1) is 14.1. The number of anilines is 1. The molecule has 0 atom stereocenters. The Hall–Kier alpha value is -3.43. The lowest BCUT2D eigenvalue weighted by Gasteiger charge is -2.11. The summed E-state index contributed by atoms with van der Waals surface area (Å²) in [6.45, 7) is 2.82. The maximum absolute atomic E-state index is 12.4. The summed E-state index contributed by atoms with van der Waals surface area (Å²) in [5.41, 5.74) is 0.993. The molecule has 30 heavy (non-hydrogen) atoms. The normalized spacial score (nSPS) is 10.8. The Bertz CT molecular complexity index is 939. The second-order valence-electron chi connectivity index (χ2n) is 6.58. The summed E-state index contributed by atoms with van der Waals surface area (Å²) in [4.78, 5) is 39.3. The minimum Gasteiger partial charge on any atom is -0.459 e. The fourth-order valence-corrected chi connectivity index (χ4v) is 2.69. The van der Waals surface area contributed by atoms with Gasteiger partial charge in [0.1, 0.15) is 11.4 Å². The molecule has 0 aliphatic rings. The molecular weight excluding hydrogens is 402 g/mol. The summed E-state index contributed by atoms with van der Waals surface area (Å²) >= 11 is 0. The van der Waals surface area contributed by atoms with Crippen LogP contribution in [0.1, 0.15) is 46.0 Å². The highest BCUT2D eigenvalue weighted by Gasteiger charge is 2.25. The maximum atomic E-state index is 12.4. The summed E-state index contributed by atoms with van der Waals surface area (Å²) in [6, 6.07) is 5.60. The van der Waals surface area contributed by atoms with Crippen LogP contribution in [0.15, 0.2) is 24.3 Å². The van der Waals surface area contributed by atoms with E-state index in [0.29, 0.717) is 11.3 Å². The van der Waals surface area contributed by atoms with Gasteiger partial charge in [-0.05, 0) is 45.4 Å². The molecule has 0 radical (unpaired) electrons. The van der Waals surface area contributed by atoms with E-state index in [-0.39, 0.29) is 28.8 Å². The summed E-state index contributed by atoms with van der Waals surface area (Å²) in [5, 5.41) is 2.33. The van der Waals surface area contributed by atoms with Crippen LogP contribution in [0.3, 0.4) is 0 Å². The van der Waals surface area contributed by atoms with Crippen molar-refractivity contribution in [2.24, 2.45) is 0 Å². The number of carbonyl (C=O) groups excluding carboxylic acids is 3. The van der Waals surface area contributed by atoms with Crippen molar-refractivity contribution in [1.29, 1.82) is 0 Å². The quantitative estimate of drug-likeness (QED) is 0.627. The van der Waals surface area contributed by atoms with E-state index in [1.165, 1.54) is 24.3 Å². The summed E-state index contributed by atoms with van der Waals surface area (Å²) in [6.07, 6.45) is -0.331. The van der Waals surface area contributed by atoms with Crippen LogP contribution in [0.25, 0.3) is 0 Å². The van der Waals surface area contributed by atoms with Crippen molar-refractivity contribution in [3.05, 3.63) is 46.8 Å². The van der Waals surface area contributed by atoms with Gasteiger partial charge < -0.3 is 24.5 Å². The average Bonchev–Trinajstić information content (AvgIpc) is 2.94. The number of aromatic amines is 1. The third-order valence-corrected chi connectivity index (χ3v) is 3.90. The van der Waals surface area contributed by atoms with Gasteiger partial charge in [0.15, 0.2) is 6.61 Å². The van der Waals surface area contributed by atoms with Crippen molar-refractivity contribution >= 4 is 23.5 Å². The van der Waals surface area contributed by atoms with Crippen molar-refractivity contribution in [3.8, 4) is 5.75 Å². The fraction of sp³-hybridized carbons (Fsp3) is 0.350. The van der Waals surface area contributed by atoms with Gasteiger partial charge in [-0.1, -0.05) is 12.1 Å². The number of carbonyl (C=O) groups is 3. The van der Waals surface area contributed by atoms with Gasteiger partial charge >= 0.3 is 18.6 Å². The highest BCUT2D eigenvalue weighted by atomic mass is 19.3. The van der Waals surface area contributed by atoms with Gasteiger partial charge in [-0.2, -0.15) is 8.78 Å². The van der Waals surface area contributed by atoms with E-state index in [4.69, 9.17) is 9.47 Å². The first kappa shape index (κ1) is 22.9. The molecule has 0 saturated heterocycles. The lowest BCUT2D eigenvalue weighted by molar-refractivity contribution is -0.119. The zero-order valence-corrected chi connectivity index (χ0v) is 16.9. The lowest BCUT2D eigenvalue weighted by Crippen LogP contribution is -2.22. The van der Waals surface area contributed by atoms with Crippen LogP contribution in [0, 0.1) is 13.8 Å². The number of hydrogen-bond donors (Lipinski definition) is 2. The largest absolute Gasteiger partial charge is 0.459 e. The van der Waals surface area contributed by atoms with E-state index in [2.05, 4.69) is 15.0 Å². The minimum atomic E-state index is -3.06. The molecule has 2 N–H and O–H groups in total. The Morgan fingerprint density at radius 2 is 1.77 bits per heavy atom. The molecule has 0 aliphatic heterocycles. The van der Waals surface area contributed by atoms with Gasteiger partial charge in [-0.25, -0.2) is 9.59 Å². The zero-order valence-electron chi connectivity index (χ0n) is 16.9. The van der Waals surface area contributed by atoms with Crippen LogP contribution in [0.5, 0.6) is 5.75 Å². The van der Waals surface area contributed by atoms with Gasteiger partial charge in [-0.3, -0.25) is 4.79 Å². The third-order valence-electron chi connectivity index (χ3n) is 3.90. The van der Waals surface area contributed by atoms with E-state index in [0.717, 1.165) is 0 Å². The number of esters is 2. The number of ether oxygens (including phenoxy) is 3. The monoisotopic (exact) mass is 424 g/mol. The number of aromatic nitrogens is 1. The Balaban J connectivity index is 2.03. The molecule has 1 aromatic carbocycles. The van der Waals surface area contributed by atoms with E-state index >= 15 is 0 Å². The molecule has 8 nitrogen and oxygen atoms in total.